The van der Waals surface area contributed by atoms with E-state index in [2.05, 4.69) is 0 Å². The number of thioether (sulfide) groups is 1. The Kier molecular flexibility index (Phi) is 5.60. The topological polar surface area (TPSA) is 49.9 Å². The Morgan fingerprint density at radius 3 is 2.68 bits per heavy atom. The number of anilines is 1. The van der Waals surface area contributed by atoms with Gasteiger partial charge in [-0.2, -0.15) is 13.2 Å². The highest BCUT2D eigenvalue weighted by Gasteiger charge is 2.59. The Bertz CT molecular complexity index is 1260. The van der Waals surface area contributed by atoms with Crippen molar-refractivity contribution in [2.24, 2.45) is 0 Å². The molecular formula is C24H19F3N2O3S2. The summed E-state index contributed by atoms with van der Waals surface area (Å²) in [5.41, 5.74) is 0.741. The van der Waals surface area contributed by atoms with Gasteiger partial charge in [-0.05, 0) is 47.3 Å². The fraction of sp³-hybridized carbons (Fsp3) is 0.250. The van der Waals surface area contributed by atoms with Crippen molar-refractivity contribution in [3.8, 4) is 5.75 Å². The minimum Gasteiger partial charge on any atom is -0.497 e. The molecule has 1 unspecified atom stereocenters. The van der Waals surface area contributed by atoms with E-state index in [9.17, 15) is 22.8 Å². The maximum absolute atomic E-state index is 14.0. The molecule has 0 N–H and O–H groups in total. The van der Waals surface area contributed by atoms with Crippen LogP contribution in [0.15, 0.2) is 60.0 Å². The molecule has 1 saturated heterocycles. The molecule has 1 spiro atoms. The maximum atomic E-state index is 14.0. The van der Waals surface area contributed by atoms with Crippen LogP contribution in [0.1, 0.15) is 26.4 Å². The summed E-state index contributed by atoms with van der Waals surface area (Å²) in [7, 11) is 1.52. The van der Waals surface area contributed by atoms with Crippen LogP contribution in [0.3, 0.4) is 0 Å². The first-order valence-corrected chi connectivity index (χ1v) is 12.3. The Balaban J connectivity index is 1.59. The molecule has 3 heterocycles. The molecule has 0 aliphatic carbocycles. The van der Waals surface area contributed by atoms with E-state index >= 15 is 0 Å². The Labute approximate surface area is 202 Å². The number of hydrogen-bond donors (Lipinski definition) is 0. The zero-order chi connectivity index (χ0) is 24.1. The third kappa shape index (κ3) is 3.56. The van der Waals surface area contributed by atoms with E-state index in [4.69, 9.17) is 4.74 Å². The number of thiophene rings is 1. The molecule has 34 heavy (non-hydrogen) atoms. The van der Waals surface area contributed by atoms with E-state index in [1.165, 1.54) is 41.2 Å². The van der Waals surface area contributed by atoms with Crippen molar-refractivity contribution in [2.75, 3.05) is 24.3 Å². The molecule has 0 saturated carbocycles. The fourth-order valence-corrected chi connectivity index (χ4v) is 6.56. The average Bonchev–Trinajstić information content (AvgIpc) is 3.56. The largest absolute Gasteiger partial charge is 0.497 e. The normalized spacial score (nSPS) is 19.7. The highest BCUT2D eigenvalue weighted by molar-refractivity contribution is 8.01. The zero-order valence-electron chi connectivity index (χ0n) is 18.0. The van der Waals surface area contributed by atoms with Gasteiger partial charge in [-0.25, -0.2) is 0 Å². The van der Waals surface area contributed by atoms with E-state index in [0.717, 1.165) is 12.1 Å². The minimum atomic E-state index is -4.48. The van der Waals surface area contributed by atoms with Crippen LogP contribution in [0, 0.1) is 0 Å². The van der Waals surface area contributed by atoms with Crippen LogP contribution in [0.2, 0.25) is 0 Å². The molecule has 0 radical (unpaired) electrons. The molecular weight excluding hydrogens is 485 g/mol. The van der Waals surface area contributed by atoms with E-state index in [0.29, 0.717) is 39.7 Å². The third-order valence-corrected chi connectivity index (χ3v) is 8.25. The molecule has 10 heteroatoms. The van der Waals surface area contributed by atoms with E-state index in [1.54, 1.807) is 46.7 Å². The number of methoxy groups -OCH3 is 1. The summed E-state index contributed by atoms with van der Waals surface area (Å²) >= 11 is 2.66. The lowest BCUT2D eigenvalue weighted by Gasteiger charge is -2.33. The van der Waals surface area contributed by atoms with Gasteiger partial charge in [0.05, 0.1) is 29.8 Å². The minimum absolute atomic E-state index is 0.0502. The van der Waals surface area contributed by atoms with Crippen LogP contribution in [0.5, 0.6) is 5.75 Å². The maximum Gasteiger partial charge on any atom is 0.416 e. The number of alkyl halides is 3. The van der Waals surface area contributed by atoms with Gasteiger partial charge in [-0.3, -0.25) is 9.59 Å². The lowest BCUT2D eigenvalue weighted by atomic mass is 10.0. The van der Waals surface area contributed by atoms with Gasteiger partial charge in [0, 0.05) is 17.9 Å². The number of ether oxygens (including phenoxy) is 1. The summed E-state index contributed by atoms with van der Waals surface area (Å²) < 4.78 is 45.2. The van der Waals surface area contributed by atoms with Crippen LogP contribution in [0.4, 0.5) is 18.9 Å². The highest BCUT2D eigenvalue weighted by Crippen LogP contribution is 2.55. The van der Waals surface area contributed by atoms with Crippen molar-refractivity contribution in [3.05, 3.63) is 81.5 Å². The second-order valence-electron chi connectivity index (χ2n) is 7.90. The van der Waals surface area contributed by atoms with Crippen LogP contribution < -0.4 is 9.64 Å². The summed E-state index contributed by atoms with van der Waals surface area (Å²) in [6.07, 6.45) is -4.48. The summed E-state index contributed by atoms with van der Waals surface area (Å²) in [6, 6.07) is 13.6. The summed E-state index contributed by atoms with van der Waals surface area (Å²) in [5, 5.41) is 1.80. The number of benzene rings is 2. The van der Waals surface area contributed by atoms with E-state index < -0.39 is 16.6 Å². The smallest absolute Gasteiger partial charge is 0.416 e. The number of carbonyl (C=O) groups is 2. The van der Waals surface area contributed by atoms with Crippen LogP contribution in [-0.4, -0.2) is 36.1 Å². The predicted molar refractivity (Wildman–Crippen MR) is 125 cm³/mol. The average molecular weight is 505 g/mol. The first-order chi connectivity index (χ1) is 16.3. The van der Waals surface area contributed by atoms with Crippen molar-refractivity contribution in [2.45, 2.75) is 17.6 Å². The molecule has 176 valence electrons. The van der Waals surface area contributed by atoms with Crippen molar-refractivity contribution >= 4 is 40.6 Å². The number of carbonyl (C=O) groups excluding carboxylic acids is 2. The van der Waals surface area contributed by atoms with Gasteiger partial charge < -0.3 is 14.5 Å². The van der Waals surface area contributed by atoms with E-state index in [-0.39, 0.29) is 18.4 Å². The Hall–Kier alpha value is -2.98. The third-order valence-electron chi connectivity index (χ3n) is 5.97. The molecule has 3 aromatic rings. The lowest BCUT2D eigenvalue weighted by Crippen LogP contribution is -2.50. The van der Waals surface area contributed by atoms with Gasteiger partial charge in [0.15, 0.2) is 4.87 Å². The first-order valence-electron chi connectivity index (χ1n) is 10.4. The van der Waals surface area contributed by atoms with Gasteiger partial charge in [0.1, 0.15) is 5.75 Å². The molecule has 0 bridgehead atoms. The quantitative estimate of drug-likeness (QED) is 0.480. The fourth-order valence-electron chi connectivity index (χ4n) is 4.44. The summed E-state index contributed by atoms with van der Waals surface area (Å²) in [5.74, 6) is 0.489. The van der Waals surface area contributed by atoms with Crippen LogP contribution in [0.25, 0.3) is 0 Å². The number of hydrogen-bond acceptors (Lipinski definition) is 5. The Morgan fingerprint density at radius 2 is 1.97 bits per heavy atom. The first kappa shape index (κ1) is 22.8. The molecule has 1 aromatic heterocycles. The second-order valence-corrected chi connectivity index (χ2v) is 10.1. The van der Waals surface area contributed by atoms with Crippen molar-refractivity contribution in [1.29, 1.82) is 0 Å². The number of halogens is 3. The SMILES string of the molecule is COc1ccc2c(c1)C1(SCCN1C(=O)c1cccs1)C(=O)N2Cc1cccc(C(F)(F)F)c1. The van der Waals surface area contributed by atoms with Crippen molar-refractivity contribution in [1.82, 2.24) is 4.90 Å². The highest BCUT2D eigenvalue weighted by atomic mass is 32.2. The van der Waals surface area contributed by atoms with Gasteiger partial charge in [-0.15, -0.1) is 23.1 Å². The van der Waals surface area contributed by atoms with Gasteiger partial charge in [0.2, 0.25) is 0 Å². The summed E-state index contributed by atoms with van der Waals surface area (Å²) in [6.45, 7) is 0.326. The molecule has 2 aromatic carbocycles. The lowest BCUT2D eigenvalue weighted by molar-refractivity contribution is -0.137. The molecule has 5 rings (SSSR count). The predicted octanol–water partition coefficient (Wildman–Crippen LogP) is 5.36. The number of amides is 2. The van der Waals surface area contributed by atoms with Crippen molar-refractivity contribution in [3.63, 3.8) is 0 Å². The standard InChI is InChI=1S/C24H19F3N2O3S2/c1-32-17-7-8-19-18(13-17)23(29(9-11-34-23)21(30)20-6-3-10-33-20)22(31)28(19)14-15-4-2-5-16(12-15)24(25,26)27/h2-8,10,12-13H,9,11,14H2,1H3. The molecule has 2 aliphatic rings. The van der Waals surface area contributed by atoms with Gasteiger partial charge >= 0.3 is 6.18 Å². The molecule has 5 nitrogen and oxygen atoms in total. The van der Waals surface area contributed by atoms with E-state index in [1.807, 2.05) is 0 Å². The molecule has 1 atom stereocenters. The zero-order valence-corrected chi connectivity index (χ0v) is 19.6. The van der Waals surface area contributed by atoms with Crippen molar-refractivity contribution < 1.29 is 27.5 Å². The Morgan fingerprint density at radius 1 is 1.15 bits per heavy atom. The number of rotatable bonds is 4. The monoisotopic (exact) mass is 504 g/mol. The van der Waals surface area contributed by atoms with Crippen LogP contribution >= 0.6 is 23.1 Å². The van der Waals surface area contributed by atoms with Gasteiger partial charge in [0.25, 0.3) is 11.8 Å². The second kappa shape index (κ2) is 8.35. The molecule has 2 aliphatic heterocycles. The number of fused-ring (bicyclic) bond motifs is 2. The van der Waals surface area contributed by atoms with Crippen LogP contribution in [-0.2, 0) is 22.4 Å². The summed E-state index contributed by atoms with van der Waals surface area (Å²) in [4.78, 5) is 29.7. The number of nitrogens with zero attached hydrogens (tertiary/aromatic N) is 2. The van der Waals surface area contributed by atoms with Gasteiger partial charge in [-0.1, -0.05) is 18.2 Å². The molecule has 1 fully saturated rings. The molecule has 2 amide bonds.